The Morgan fingerprint density at radius 2 is 2.03 bits per heavy atom. The monoisotopic (exact) mass is 408 g/mol. The molecule has 1 aliphatic carbocycles. The third-order valence-electron chi connectivity index (χ3n) is 5.79. The van der Waals surface area contributed by atoms with Crippen LogP contribution in [0, 0.1) is 25.6 Å². The summed E-state index contributed by atoms with van der Waals surface area (Å²) in [5.41, 5.74) is 2.35. The molecule has 9 heteroatoms. The fourth-order valence-corrected chi connectivity index (χ4v) is 4.20. The molecule has 30 heavy (non-hydrogen) atoms. The van der Waals surface area contributed by atoms with Gasteiger partial charge in [-0.1, -0.05) is 6.07 Å². The minimum Gasteiger partial charge on any atom is -0.424 e. The highest BCUT2D eigenvalue weighted by Crippen LogP contribution is 2.48. The SMILES string of the molecule is Cc1nnc(CN2C(C(=O)Nc3ccc(C)c(-c4ncc(F)cn4)c3)CC3CC32)o1. The number of aryl methyl sites for hydroxylation is 2. The van der Waals surface area contributed by atoms with Crippen molar-refractivity contribution in [1.29, 1.82) is 0 Å². The van der Waals surface area contributed by atoms with Crippen molar-refractivity contribution in [3.8, 4) is 11.4 Å². The number of hydrogen-bond acceptors (Lipinski definition) is 7. The van der Waals surface area contributed by atoms with Crippen LogP contribution in [0.25, 0.3) is 11.4 Å². The number of halogens is 1. The Morgan fingerprint density at radius 3 is 2.77 bits per heavy atom. The van der Waals surface area contributed by atoms with E-state index in [0.29, 0.717) is 41.8 Å². The predicted molar refractivity (Wildman–Crippen MR) is 106 cm³/mol. The number of rotatable bonds is 5. The minimum atomic E-state index is -0.489. The number of nitrogens with zero attached hydrogens (tertiary/aromatic N) is 5. The highest BCUT2D eigenvalue weighted by molar-refractivity contribution is 5.95. The van der Waals surface area contributed by atoms with Gasteiger partial charge in [0.1, 0.15) is 0 Å². The highest BCUT2D eigenvalue weighted by atomic mass is 19.1. The molecule has 0 bridgehead atoms. The summed E-state index contributed by atoms with van der Waals surface area (Å²) >= 11 is 0. The first-order chi connectivity index (χ1) is 14.5. The van der Waals surface area contributed by atoms with Gasteiger partial charge < -0.3 is 9.73 Å². The van der Waals surface area contributed by atoms with E-state index in [1.165, 1.54) is 0 Å². The molecule has 3 heterocycles. The molecular weight excluding hydrogens is 387 g/mol. The van der Waals surface area contributed by atoms with Crippen LogP contribution in [0.2, 0.25) is 0 Å². The summed E-state index contributed by atoms with van der Waals surface area (Å²) in [5.74, 6) is 1.47. The van der Waals surface area contributed by atoms with Gasteiger partial charge in [-0.05, 0) is 43.4 Å². The van der Waals surface area contributed by atoms with E-state index in [2.05, 4.69) is 30.4 Å². The second kappa shape index (κ2) is 7.24. The Kier molecular flexibility index (Phi) is 4.54. The van der Waals surface area contributed by atoms with Gasteiger partial charge in [-0.3, -0.25) is 9.69 Å². The van der Waals surface area contributed by atoms with Gasteiger partial charge in [0.2, 0.25) is 17.7 Å². The van der Waals surface area contributed by atoms with Crippen molar-refractivity contribution in [1.82, 2.24) is 25.1 Å². The zero-order valence-electron chi connectivity index (χ0n) is 16.7. The molecule has 0 spiro atoms. The molecule has 2 aromatic heterocycles. The lowest BCUT2D eigenvalue weighted by molar-refractivity contribution is -0.121. The maximum absolute atomic E-state index is 13.2. The number of hydrogen-bond donors (Lipinski definition) is 1. The van der Waals surface area contributed by atoms with Gasteiger partial charge in [0.15, 0.2) is 11.6 Å². The molecule has 154 valence electrons. The van der Waals surface area contributed by atoms with Gasteiger partial charge in [0.25, 0.3) is 0 Å². The Bertz CT molecular complexity index is 1100. The van der Waals surface area contributed by atoms with E-state index < -0.39 is 5.82 Å². The second-order valence-corrected chi connectivity index (χ2v) is 7.95. The quantitative estimate of drug-likeness (QED) is 0.693. The van der Waals surface area contributed by atoms with E-state index >= 15 is 0 Å². The molecule has 2 aliphatic rings. The summed E-state index contributed by atoms with van der Waals surface area (Å²) in [6.45, 7) is 4.15. The second-order valence-electron chi connectivity index (χ2n) is 7.95. The van der Waals surface area contributed by atoms with Crippen LogP contribution in [0.5, 0.6) is 0 Å². The average molecular weight is 408 g/mol. The summed E-state index contributed by atoms with van der Waals surface area (Å²) in [6.07, 6.45) is 4.20. The first-order valence-electron chi connectivity index (χ1n) is 9.92. The van der Waals surface area contributed by atoms with Crippen molar-refractivity contribution in [3.63, 3.8) is 0 Å². The van der Waals surface area contributed by atoms with Crippen LogP contribution in [0.15, 0.2) is 35.0 Å². The molecule has 1 N–H and O–H groups in total. The first kappa shape index (κ1) is 18.8. The van der Waals surface area contributed by atoms with Gasteiger partial charge in [-0.2, -0.15) is 0 Å². The Morgan fingerprint density at radius 1 is 1.23 bits per heavy atom. The molecule has 3 aromatic rings. The summed E-state index contributed by atoms with van der Waals surface area (Å²) in [6, 6.07) is 5.72. The standard InChI is InChI=1S/C21H21FN6O2/c1-11-3-4-15(7-16(11)20-23-8-14(22)9-24-20)25-21(29)18-6-13-5-17(13)28(18)10-19-27-26-12(2)30-19/h3-4,7-9,13,17-18H,5-6,10H2,1-2H3,(H,25,29). The summed E-state index contributed by atoms with van der Waals surface area (Å²) in [4.78, 5) is 23.3. The summed E-state index contributed by atoms with van der Waals surface area (Å²) in [7, 11) is 0. The predicted octanol–water partition coefficient (Wildman–Crippen LogP) is 2.88. The molecule has 0 radical (unpaired) electrons. The maximum Gasteiger partial charge on any atom is 0.241 e. The van der Waals surface area contributed by atoms with E-state index in [1.807, 2.05) is 25.1 Å². The number of aromatic nitrogens is 4. The molecule has 1 amide bonds. The number of nitrogens with one attached hydrogen (secondary N) is 1. The minimum absolute atomic E-state index is 0.0618. The number of likely N-dealkylation sites (tertiary alicyclic amines) is 1. The van der Waals surface area contributed by atoms with Gasteiger partial charge in [-0.15, -0.1) is 10.2 Å². The van der Waals surface area contributed by atoms with E-state index in [0.717, 1.165) is 36.4 Å². The van der Waals surface area contributed by atoms with Crippen LogP contribution in [0.1, 0.15) is 30.2 Å². The Hall–Kier alpha value is -3.20. The summed E-state index contributed by atoms with van der Waals surface area (Å²) in [5, 5.41) is 11.0. The summed E-state index contributed by atoms with van der Waals surface area (Å²) < 4.78 is 18.7. The van der Waals surface area contributed by atoms with Crippen LogP contribution in [-0.4, -0.2) is 43.1 Å². The van der Waals surface area contributed by atoms with Crippen molar-refractivity contribution < 1.29 is 13.6 Å². The number of amides is 1. The van der Waals surface area contributed by atoms with Crippen LogP contribution >= 0.6 is 0 Å². The highest BCUT2D eigenvalue weighted by Gasteiger charge is 2.54. The number of benzene rings is 1. The van der Waals surface area contributed by atoms with E-state index in [4.69, 9.17) is 4.42 Å². The lowest BCUT2D eigenvalue weighted by Gasteiger charge is -2.25. The number of piperidine rings is 1. The maximum atomic E-state index is 13.2. The molecule has 2 fully saturated rings. The lowest BCUT2D eigenvalue weighted by Crippen LogP contribution is -2.41. The number of anilines is 1. The van der Waals surface area contributed by atoms with Crippen LogP contribution in [0.3, 0.4) is 0 Å². The molecule has 3 unspecified atom stereocenters. The van der Waals surface area contributed by atoms with Crippen molar-refractivity contribution in [2.24, 2.45) is 5.92 Å². The molecule has 1 saturated heterocycles. The lowest BCUT2D eigenvalue weighted by atomic mass is 10.1. The molecular formula is C21H21FN6O2. The Balaban J connectivity index is 1.33. The molecule has 1 saturated carbocycles. The van der Waals surface area contributed by atoms with Gasteiger partial charge in [0.05, 0.1) is 25.0 Å². The van der Waals surface area contributed by atoms with Gasteiger partial charge in [0, 0.05) is 24.2 Å². The normalized spacial score (nSPS) is 22.7. The van der Waals surface area contributed by atoms with Crippen LogP contribution in [0.4, 0.5) is 10.1 Å². The number of fused-ring (bicyclic) bond motifs is 1. The third-order valence-corrected chi connectivity index (χ3v) is 5.79. The Labute approximate surface area is 172 Å². The first-order valence-corrected chi connectivity index (χ1v) is 9.92. The largest absolute Gasteiger partial charge is 0.424 e. The zero-order chi connectivity index (χ0) is 20.8. The number of carbonyl (C=O) groups is 1. The smallest absolute Gasteiger partial charge is 0.241 e. The van der Waals surface area contributed by atoms with Gasteiger partial charge in [-0.25, -0.2) is 14.4 Å². The van der Waals surface area contributed by atoms with E-state index in [-0.39, 0.29) is 11.9 Å². The topological polar surface area (TPSA) is 97.0 Å². The molecule has 1 aliphatic heterocycles. The molecule has 1 aromatic carbocycles. The van der Waals surface area contributed by atoms with Crippen molar-refractivity contribution in [2.75, 3.05) is 5.32 Å². The van der Waals surface area contributed by atoms with Crippen molar-refractivity contribution in [3.05, 3.63) is 53.8 Å². The zero-order valence-corrected chi connectivity index (χ0v) is 16.7. The van der Waals surface area contributed by atoms with E-state index in [9.17, 15) is 9.18 Å². The van der Waals surface area contributed by atoms with Crippen molar-refractivity contribution >= 4 is 11.6 Å². The van der Waals surface area contributed by atoms with Crippen LogP contribution in [-0.2, 0) is 11.3 Å². The van der Waals surface area contributed by atoms with Crippen molar-refractivity contribution in [2.45, 2.75) is 45.3 Å². The molecule has 8 nitrogen and oxygen atoms in total. The third kappa shape index (κ3) is 3.56. The number of carbonyl (C=O) groups excluding carboxylic acids is 1. The fourth-order valence-electron chi connectivity index (χ4n) is 4.20. The molecule has 3 atom stereocenters. The van der Waals surface area contributed by atoms with Crippen LogP contribution < -0.4 is 5.32 Å². The average Bonchev–Trinajstić information content (AvgIpc) is 3.24. The molecule has 5 rings (SSSR count). The van der Waals surface area contributed by atoms with E-state index in [1.54, 1.807) is 6.92 Å². The van der Waals surface area contributed by atoms with Gasteiger partial charge >= 0.3 is 0 Å². The fraction of sp³-hybridized carbons (Fsp3) is 0.381.